The van der Waals surface area contributed by atoms with Crippen LogP contribution in [-0.4, -0.2) is 35.2 Å². The molecule has 2 fully saturated rings. The zero-order chi connectivity index (χ0) is 12.3. The van der Waals surface area contributed by atoms with Crippen LogP contribution in [0.2, 0.25) is 0 Å². The summed E-state index contributed by atoms with van der Waals surface area (Å²) in [6.07, 6.45) is 8.90. The third-order valence-electron chi connectivity index (χ3n) is 4.86. The van der Waals surface area contributed by atoms with E-state index in [1.807, 2.05) is 0 Å². The summed E-state index contributed by atoms with van der Waals surface area (Å²) < 4.78 is 0. The molecule has 1 N–H and O–H groups in total. The van der Waals surface area contributed by atoms with Gasteiger partial charge in [0.1, 0.15) is 0 Å². The lowest BCUT2D eigenvalue weighted by molar-refractivity contribution is 0.0237. The fourth-order valence-electron chi connectivity index (χ4n) is 3.59. The number of aliphatic hydroxyl groups excluding tert-OH is 1. The molecule has 0 amide bonds. The van der Waals surface area contributed by atoms with Gasteiger partial charge in [-0.15, -0.1) is 0 Å². The van der Waals surface area contributed by atoms with Crippen molar-refractivity contribution in [3.8, 4) is 0 Å². The van der Waals surface area contributed by atoms with E-state index in [0.717, 1.165) is 24.9 Å². The van der Waals surface area contributed by atoms with Crippen molar-refractivity contribution >= 4 is 0 Å². The Balaban J connectivity index is 1.89. The Hall–Kier alpha value is -0.0800. The summed E-state index contributed by atoms with van der Waals surface area (Å²) in [4.78, 5) is 2.64. The first kappa shape index (κ1) is 13.4. The molecule has 0 radical (unpaired) electrons. The molecule has 1 aliphatic carbocycles. The van der Waals surface area contributed by atoms with Crippen LogP contribution in [-0.2, 0) is 0 Å². The molecule has 4 unspecified atom stereocenters. The number of hydrogen-bond donors (Lipinski definition) is 1. The third-order valence-corrected chi connectivity index (χ3v) is 4.86. The molecule has 17 heavy (non-hydrogen) atoms. The highest BCUT2D eigenvalue weighted by molar-refractivity contribution is 4.82. The van der Waals surface area contributed by atoms with Crippen LogP contribution in [0.4, 0.5) is 0 Å². The molecule has 100 valence electrons. The molecule has 0 bridgehead atoms. The number of nitrogens with zero attached hydrogens (tertiary/aromatic N) is 1. The molecule has 1 saturated carbocycles. The summed E-state index contributed by atoms with van der Waals surface area (Å²) in [5.74, 6) is 1.34. The molecule has 1 aliphatic heterocycles. The predicted molar refractivity (Wildman–Crippen MR) is 72.0 cm³/mol. The Morgan fingerprint density at radius 3 is 2.71 bits per heavy atom. The second-order valence-electron chi connectivity index (χ2n) is 6.44. The fraction of sp³-hybridized carbons (Fsp3) is 1.00. The van der Waals surface area contributed by atoms with E-state index in [1.165, 1.54) is 45.1 Å². The highest BCUT2D eigenvalue weighted by Gasteiger charge is 2.30. The Morgan fingerprint density at radius 2 is 1.88 bits per heavy atom. The van der Waals surface area contributed by atoms with E-state index in [1.54, 1.807) is 0 Å². The van der Waals surface area contributed by atoms with Gasteiger partial charge in [0.05, 0.1) is 6.10 Å². The van der Waals surface area contributed by atoms with Crippen molar-refractivity contribution in [2.24, 2.45) is 11.8 Å². The van der Waals surface area contributed by atoms with Crippen LogP contribution < -0.4 is 0 Å². The van der Waals surface area contributed by atoms with Gasteiger partial charge in [0.15, 0.2) is 0 Å². The van der Waals surface area contributed by atoms with Gasteiger partial charge in [0.25, 0.3) is 0 Å². The van der Waals surface area contributed by atoms with E-state index in [9.17, 15) is 5.11 Å². The summed E-state index contributed by atoms with van der Waals surface area (Å²) in [5, 5.41) is 10.1. The minimum Gasteiger partial charge on any atom is -0.393 e. The second kappa shape index (κ2) is 6.19. The van der Waals surface area contributed by atoms with Gasteiger partial charge in [-0.3, -0.25) is 0 Å². The topological polar surface area (TPSA) is 23.5 Å². The molecule has 2 heteroatoms. The van der Waals surface area contributed by atoms with E-state index in [-0.39, 0.29) is 6.10 Å². The third kappa shape index (κ3) is 3.69. The summed E-state index contributed by atoms with van der Waals surface area (Å²) >= 11 is 0. The van der Waals surface area contributed by atoms with E-state index in [0.29, 0.717) is 5.92 Å². The SMILES string of the molecule is CC1CCC(O)C(CN2CCCCCC2C)C1. The monoisotopic (exact) mass is 239 g/mol. The Kier molecular flexibility index (Phi) is 4.87. The van der Waals surface area contributed by atoms with Gasteiger partial charge in [-0.05, 0) is 57.4 Å². The maximum atomic E-state index is 10.1. The molecule has 2 rings (SSSR count). The molecule has 1 heterocycles. The van der Waals surface area contributed by atoms with Gasteiger partial charge in [0.2, 0.25) is 0 Å². The number of hydrogen-bond acceptors (Lipinski definition) is 2. The summed E-state index contributed by atoms with van der Waals surface area (Å²) in [5.41, 5.74) is 0. The first-order valence-electron chi connectivity index (χ1n) is 7.59. The molecule has 2 nitrogen and oxygen atoms in total. The van der Waals surface area contributed by atoms with Crippen molar-refractivity contribution in [2.45, 2.75) is 70.9 Å². The average molecular weight is 239 g/mol. The van der Waals surface area contributed by atoms with E-state index >= 15 is 0 Å². The highest BCUT2D eigenvalue weighted by Crippen LogP contribution is 2.30. The van der Waals surface area contributed by atoms with Crippen LogP contribution in [0.1, 0.15) is 58.8 Å². The molecule has 0 aromatic heterocycles. The smallest absolute Gasteiger partial charge is 0.0580 e. The normalized spacial score (nSPS) is 41.1. The number of likely N-dealkylation sites (tertiary alicyclic amines) is 1. The Bertz CT molecular complexity index is 231. The van der Waals surface area contributed by atoms with Gasteiger partial charge >= 0.3 is 0 Å². The molecule has 1 saturated heterocycles. The van der Waals surface area contributed by atoms with Crippen molar-refractivity contribution in [2.75, 3.05) is 13.1 Å². The lowest BCUT2D eigenvalue weighted by atomic mass is 9.80. The van der Waals surface area contributed by atoms with E-state index in [2.05, 4.69) is 18.7 Å². The molecule has 4 atom stereocenters. The van der Waals surface area contributed by atoms with Gasteiger partial charge in [-0.2, -0.15) is 0 Å². The largest absolute Gasteiger partial charge is 0.393 e. The first-order valence-corrected chi connectivity index (χ1v) is 7.59. The zero-order valence-electron chi connectivity index (χ0n) is 11.6. The Labute approximate surface area is 106 Å². The fourth-order valence-corrected chi connectivity index (χ4v) is 3.59. The summed E-state index contributed by atoms with van der Waals surface area (Å²) in [6.45, 7) is 7.08. The quantitative estimate of drug-likeness (QED) is 0.800. The standard InChI is InChI=1S/C15H29NO/c1-12-7-8-15(17)14(10-12)11-16-9-5-3-4-6-13(16)2/h12-15,17H,3-11H2,1-2H3. The first-order chi connectivity index (χ1) is 8.16. The van der Waals surface area contributed by atoms with E-state index in [4.69, 9.17) is 0 Å². The zero-order valence-corrected chi connectivity index (χ0v) is 11.6. The van der Waals surface area contributed by atoms with Crippen LogP contribution >= 0.6 is 0 Å². The van der Waals surface area contributed by atoms with Gasteiger partial charge < -0.3 is 10.0 Å². The lowest BCUT2D eigenvalue weighted by Gasteiger charge is -2.37. The van der Waals surface area contributed by atoms with Gasteiger partial charge in [-0.1, -0.05) is 19.8 Å². The molecule has 0 spiro atoms. The van der Waals surface area contributed by atoms with Crippen molar-refractivity contribution in [1.82, 2.24) is 4.90 Å². The maximum Gasteiger partial charge on any atom is 0.0580 e. The molecular formula is C15H29NO. The molecule has 0 aromatic carbocycles. The van der Waals surface area contributed by atoms with Crippen molar-refractivity contribution < 1.29 is 5.11 Å². The molecular weight excluding hydrogens is 210 g/mol. The minimum absolute atomic E-state index is 0.0401. The summed E-state index contributed by atoms with van der Waals surface area (Å²) in [6, 6.07) is 0.724. The lowest BCUT2D eigenvalue weighted by Crippen LogP contribution is -2.42. The minimum atomic E-state index is -0.0401. The van der Waals surface area contributed by atoms with Crippen LogP contribution in [0, 0.1) is 11.8 Å². The van der Waals surface area contributed by atoms with Gasteiger partial charge in [0, 0.05) is 12.6 Å². The van der Waals surface area contributed by atoms with Crippen molar-refractivity contribution in [1.29, 1.82) is 0 Å². The van der Waals surface area contributed by atoms with Crippen molar-refractivity contribution in [3.05, 3.63) is 0 Å². The predicted octanol–water partition coefficient (Wildman–Crippen LogP) is 3.05. The van der Waals surface area contributed by atoms with Crippen LogP contribution in [0.15, 0.2) is 0 Å². The Morgan fingerprint density at radius 1 is 1.06 bits per heavy atom. The van der Waals surface area contributed by atoms with Crippen LogP contribution in [0.3, 0.4) is 0 Å². The van der Waals surface area contributed by atoms with Crippen LogP contribution in [0.25, 0.3) is 0 Å². The molecule has 2 aliphatic rings. The molecule has 0 aromatic rings. The maximum absolute atomic E-state index is 10.1. The number of aliphatic hydroxyl groups is 1. The average Bonchev–Trinajstić information content (AvgIpc) is 2.50. The highest BCUT2D eigenvalue weighted by atomic mass is 16.3. The second-order valence-corrected chi connectivity index (χ2v) is 6.44. The van der Waals surface area contributed by atoms with Crippen LogP contribution in [0.5, 0.6) is 0 Å². The van der Waals surface area contributed by atoms with E-state index < -0.39 is 0 Å². The van der Waals surface area contributed by atoms with Gasteiger partial charge in [-0.25, -0.2) is 0 Å². The van der Waals surface area contributed by atoms with Crippen molar-refractivity contribution in [3.63, 3.8) is 0 Å². The summed E-state index contributed by atoms with van der Waals surface area (Å²) in [7, 11) is 0. The number of rotatable bonds is 2.